The number of aromatic nitrogens is 2. The van der Waals surface area contributed by atoms with Gasteiger partial charge in [-0.15, -0.1) is 0 Å². The standard InChI is InChI=1S/C27H30F2N2O3/c1-2-23-25(21-9-6-10-22(28)26(21)29)27(20-7-4-3-5-8-20)31(30-23)15-18-11-13-19(14-12-18)16-34-17-24(32)33/h3-10,18-19H,2,11-17H2,1H3,(H,32,33)/t18-,19+. The minimum atomic E-state index is -0.946. The van der Waals surface area contributed by atoms with Crippen molar-refractivity contribution in [3.8, 4) is 22.4 Å². The number of ether oxygens (including phenoxy) is 1. The van der Waals surface area contributed by atoms with Gasteiger partial charge in [-0.05, 0) is 50.0 Å². The van der Waals surface area contributed by atoms with Crippen LogP contribution < -0.4 is 0 Å². The van der Waals surface area contributed by atoms with Crippen molar-refractivity contribution in [2.45, 2.75) is 45.6 Å². The van der Waals surface area contributed by atoms with E-state index < -0.39 is 17.6 Å². The molecular formula is C27H30F2N2O3. The van der Waals surface area contributed by atoms with Gasteiger partial charge in [0.15, 0.2) is 11.6 Å². The van der Waals surface area contributed by atoms with Gasteiger partial charge >= 0.3 is 5.97 Å². The van der Waals surface area contributed by atoms with Crippen LogP contribution in [0.2, 0.25) is 0 Å². The Labute approximate surface area is 198 Å². The first-order valence-electron chi connectivity index (χ1n) is 11.9. The third kappa shape index (κ3) is 5.36. The minimum Gasteiger partial charge on any atom is -0.480 e. The van der Waals surface area contributed by atoms with E-state index >= 15 is 0 Å². The molecule has 0 bridgehead atoms. The number of rotatable bonds is 9. The van der Waals surface area contributed by atoms with Gasteiger partial charge in [0.05, 0.1) is 18.0 Å². The second-order valence-electron chi connectivity index (χ2n) is 8.97. The van der Waals surface area contributed by atoms with Crippen LogP contribution in [0.5, 0.6) is 0 Å². The molecule has 0 saturated heterocycles. The Bertz CT molecular complexity index is 1120. The van der Waals surface area contributed by atoms with Crippen LogP contribution in [0.15, 0.2) is 48.5 Å². The summed E-state index contributed by atoms with van der Waals surface area (Å²) in [7, 11) is 0. The average Bonchev–Trinajstić information content (AvgIpc) is 3.20. The van der Waals surface area contributed by atoms with E-state index in [0.717, 1.165) is 48.7 Å². The largest absolute Gasteiger partial charge is 0.480 e. The highest BCUT2D eigenvalue weighted by atomic mass is 19.2. The molecule has 0 amide bonds. The zero-order valence-electron chi connectivity index (χ0n) is 19.3. The molecule has 0 atom stereocenters. The summed E-state index contributed by atoms with van der Waals surface area (Å²) < 4.78 is 36.3. The quantitative estimate of drug-likeness (QED) is 0.421. The van der Waals surface area contributed by atoms with Gasteiger partial charge in [0.2, 0.25) is 0 Å². The van der Waals surface area contributed by atoms with Crippen molar-refractivity contribution in [1.29, 1.82) is 0 Å². The molecule has 1 fully saturated rings. The highest BCUT2D eigenvalue weighted by molar-refractivity contribution is 5.83. The number of halogens is 2. The molecule has 4 rings (SSSR count). The maximum Gasteiger partial charge on any atom is 0.329 e. The Balaban J connectivity index is 1.62. The molecule has 1 N–H and O–H groups in total. The fraction of sp³-hybridized carbons (Fsp3) is 0.407. The fourth-order valence-electron chi connectivity index (χ4n) is 4.90. The minimum absolute atomic E-state index is 0.237. The van der Waals surface area contributed by atoms with Crippen molar-refractivity contribution < 1.29 is 23.4 Å². The second kappa shape index (κ2) is 10.9. The van der Waals surface area contributed by atoms with Gasteiger partial charge in [0.1, 0.15) is 6.61 Å². The Morgan fingerprint density at radius 3 is 2.44 bits per heavy atom. The molecule has 34 heavy (non-hydrogen) atoms. The van der Waals surface area contributed by atoms with E-state index in [-0.39, 0.29) is 12.2 Å². The first kappa shape index (κ1) is 24.1. The number of hydrogen-bond donors (Lipinski definition) is 1. The lowest BCUT2D eigenvalue weighted by Gasteiger charge is -2.28. The number of nitrogens with zero attached hydrogens (tertiary/aromatic N) is 2. The molecule has 1 aliphatic carbocycles. The normalized spacial score (nSPS) is 18.2. The van der Waals surface area contributed by atoms with Gasteiger partial charge in [0.25, 0.3) is 0 Å². The van der Waals surface area contributed by atoms with Crippen molar-refractivity contribution in [1.82, 2.24) is 9.78 Å². The van der Waals surface area contributed by atoms with Gasteiger partial charge in [-0.2, -0.15) is 5.10 Å². The SMILES string of the molecule is CCc1nn(C[C@H]2CC[C@@H](COCC(=O)O)CC2)c(-c2ccccc2)c1-c1cccc(F)c1F. The van der Waals surface area contributed by atoms with E-state index in [2.05, 4.69) is 0 Å². The zero-order chi connectivity index (χ0) is 24.1. The summed E-state index contributed by atoms with van der Waals surface area (Å²) in [5.74, 6) is -1.90. The van der Waals surface area contributed by atoms with Crippen LogP contribution in [0.4, 0.5) is 8.78 Å². The van der Waals surface area contributed by atoms with E-state index in [4.69, 9.17) is 14.9 Å². The van der Waals surface area contributed by atoms with Crippen LogP contribution >= 0.6 is 0 Å². The first-order valence-corrected chi connectivity index (χ1v) is 11.9. The number of carboxylic acid groups (broad SMARTS) is 1. The summed E-state index contributed by atoms with van der Waals surface area (Å²) in [4.78, 5) is 10.7. The lowest BCUT2D eigenvalue weighted by molar-refractivity contribution is -0.142. The number of aliphatic carboxylic acids is 1. The van der Waals surface area contributed by atoms with Crippen LogP contribution in [-0.4, -0.2) is 34.1 Å². The molecule has 180 valence electrons. The summed E-state index contributed by atoms with van der Waals surface area (Å²) in [5.41, 5.74) is 3.37. The smallest absolute Gasteiger partial charge is 0.329 e. The molecule has 7 heteroatoms. The molecule has 1 aromatic heterocycles. The first-order chi connectivity index (χ1) is 16.5. The van der Waals surface area contributed by atoms with Crippen LogP contribution in [0.25, 0.3) is 22.4 Å². The van der Waals surface area contributed by atoms with Gasteiger partial charge in [-0.1, -0.05) is 49.4 Å². The van der Waals surface area contributed by atoms with Crippen LogP contribution in [0, 0.1) is 23.5 Å². The Morgan fingerprint density at radius 2 is 1.76 bits per heavy atom. The van der Waals surface area contributed by atoms with Crippen LogP contribution in [-0.2, 0) is 22.5 Å². The van der Waals surface area contributed by atoms with Crippen molar-refractivity contribution in [3.63, 3.8) is 0 Å². The molecule has 5 nitrogen and oxygen atoms in total. The molecule has 3 aromatic rings. The predicted molar refractivity (Wildman–Crippen MR) is 126 cm³/mol. The molecule has 0 radical (unpaired) electrons. The monoisotopic (exact) mass is 468 g/mol. The highest BCUT2D eigenvalue weighted by Gasteiger charge is 2.27. The predicted octanol–water partition coefficient (Wildman–Crippen LogP) is 5.97. The van der Waals surface area contributed by atoms with Gasteiger partial charge < -0.3 is 9.84 Å². The molecule has 2 aromatic carbocycles. The van der Waals surface area contributed by atoms with E-state index in [1.807, 2.05) is 41.9 Å². The van der Waals surface area contributed by atoms with Crippen LogP contribution in [0.3, 0.4) is 0 Å². The molecule has 1 heterocycles. The Morgan fingerprint density at radius 1 is 1.06 bits per heavy atom. The summed E-state index contributed by atoms with van der Waals surface area (Å²) >= 11 is 0. The molecule has 1 saturated carbocycles. The Hall–Kier alpha value is -3.06. The molecular weight excluding hydrogens is 438 g/mol. The number of hydrogen-bond acceptors (Lipinski definition) is 3. The number of benzene rings is 2. The number of aryl methyl sites for hydroxylation is 1. The van der Waals surface area contributed by atoms with Crippen LogP contribution in [0.1, 0.15) is 38.3 Å². The molecule has 0 unspecified atom stereocenters. The van der Waals surface area contributed by atoms with Gasteiger partial charge in [0, 0.05) is 23.2 Å². The zero-order valence-corrected chi connectivity index (χ0v) is 19.3. The lowest BCUT2D eigenvalue weighted by atomic mass is 9.82. The topological polar surface area (TPSA) is 64.4 Å². The maximum absolute atomic E-state index is 14.9. The summed E-state index contributed by atoms with van der Waals surface area (Å²) in [5, 5.41) is 13.6. The third-order valence-electron chi connectivity index (χ3n) is 6.60. The lowest BCUT2D eigenvalue weighted by Crippen LogP contribution is -2.23. The van der Waals surface area contributed by atoms with Crippen molar-refractivity contribution in [3.05, 3.63) is 65.9 Å². The van der Waals surface area contributed by atoms with E-state index in [1.165, 1.54) is 6.07 Å². The van der Waals surface area contributed by atoms with Crippen molar-refractivity contribution in [2.24, 2.45) is 11.8 Å². The number of carbonyl (C=O) groups is 1. The van der Waals surface area contributed by atoms with E-state index in [0.29, 0.717) is 37.0 Å². The van der Waals surface area contributed by atoms with Gasteiger partial charge in [-0.3, -0.25) is 4.68 Å². The summed E-state index contributed by atoms with van der Waals surface area (Å²) in [6.07, 6.45) is 4.52. The molecule has 0 aliphatic heterocycles. The third-order valence-corrected chi connectivity index (χ3v) is 6.60. The molecule has 1 aliphatic rings. The average molecular weight is 469 g/mol. The Kier molecular flexibility index (Phi) is 7.73. The second-order valence-corrected chi connectivity index (χ2v) is 8.97. The van der Waals surface area contributed by atoms with E-state index in [1.54, 1.807) is 6.07 Å². The fourth-order valence-corrected chi connectivity index (χ4v) is 4.90. The maximum atomic E-state index is 14.9. The highest BCUT2D eigenvalue weighted by Crippen LogP contribution is 2.39. The summed E-state index contributed by atoms with van der Waals surface area (Å²) in [6, 6.07) is 14.0. The van der Waals surface area contributed by atoms with Gasteiger partial charge in [-0.25, -0.2) is 13.6 Å². The van der Waals surface area contributed by atoms with Crippen molar-refractivity contribution in [2.75, 3.05) is 13.2 Å². The molecule has 0 spiro atoms. The van der Waals surface area contributed by atoms with E-state index in [9.17, 15) is 13.6 Å². The van der Waals surface area contributed by atoms with Crippen molar-refractivity contribution >= 4 is 5.97 Å². The summed E-state index contributed by atoms with van der Waals surface area (Å²) in [6.45, 7) is 2.88. The number of carboxylic acids is 1.